The maximum absolute atomic E-state index is 6.08. The van der Waals surface area contributed by atoms with E-state index in [-0.39, 0.29) is 6.10 Å². The van der Waals surface area contributed by atoms with Crippen LogP contribution >= 0.6 is 0 Å². The Kier molecular flexibility index (Phi) is 3.94. The number of aromatic nitrogens is 2. The van der Waals surface area contributed by atoms with Gasteiger partial charge < -0.3 is 18.8 Å². The molecule has 2 atom stereocenters. The molecule has 1 aromatic heterocycles. The van der Waals surface area contributed by atoms with Crippen molar-refractivity contribution >= 4 is 0 Å². The SMILES string of the molecule is COc1ccc(CC2(Cn3ccnc3)OCC(C)O2)cc1. The fourth-order valence-corrected chi connectivity index (χ4v) is 2.65. The number of ether oxygens (including phenoxy) is 3. The largest absolute Gasteiger partial charge is 0.497 e. The van der Waals surface area contributed by atoms with Gasteiger partial charge in [0.2, 0.25) is 0 Å². The Morgan fingerprint density at radius 2 is 2.19 bits per heavy atom. The predicted octanol–water partition coefficient (Wildman–Crippen LogP) is 2.27. The second-order valence-electron chi connectivity index (χ2n) is 5.41. The van der Waals surface area contributed by atoms with Crippen LogP contribution in [0.15, 0.2) is 43.0 Å². The normalized spacial score (nSPS) is 25.1. The molecule has 0 N–H and O–H groups in total. The van der Waals surface area contributed by atoms with Gasteiger partial charge in [-0.15, -0.1) is 0 Å². The molecule has 0 saturated carbocycles. The Balaban J connectivity index is 1.78. The van der Waals surface area contributed by atoms with Gasteiger partial charge in [-0.25, -0.2) is 4.98 Å². The smallest absolute Gasteiger partial charge is 0.190 e. The van der Waals surface area contributed by atoms with Crippen molar-refractivity contribution in [1.82, 2.24) is 9.55 Å². The fourth-order valence-electron chi connectivity index (χ4n) is 2.65. The van der Waals surface area contributed by atoms with Gasteiger partial charge in [-0.2, -0.15) is 0 Å². The van der Waals surface area contributed by atoms with Crippen molar-refractivity contribution in [3.8, 4) is 5.75 Å². The topological polar surface area (TPSA) is 45.5 Å². The first kappa shape index (κ1) is 14.1. The molecule has 1 saturated heterocycles. The van der Waals surface area contributed by atoms with Crippen LogP contribution in [-0.2, 0) is 22.4 Å². The Labute approximate surface area is 124 Å². The van der Waals surface area contributed by atoms with Crippen LogP contribution in [0.5, 0.6) is 5.75 Å². The van der Waals surface area contributed by atoms with Gasteiger partial charge in [0.1, 0.15) is 5.75 Å². The molecular formula is C16H20N2O3. The van der Waals surface area contributed by atoms with Crippen molar-refractivity contribution < 1.29 is 14.2 Å². The molecule has 0 aliphatic carbocycles. The molecule has 0 bridgehead atoms. The quantitative estimate of drug-likeness (QED) is 0.846. The number of nitrogens with zero attached hydrogens (tertiary/aromatic N) is 2. The van der Waals surface area contributed by atoms with Gasteiger partial charge in [-0.3, -0.25) is 0 Å². The van der Waals surface area contributed by atoms with Gasteiger partial charge in [0.25, 0.3) is 0 Å². The van der Waals surface area contributed by atoms with E-state index in [1.54, 1.807) is 19.6 Å². The summed E-state index contributed by atoms with van der Waals surface area (Å²) in [7, 11) is 1.67. The van der Waals surface area contributed by atoms with E-state index in [0.717, 1.165) is 11.3 Å². The average Bonchev–Trinajstić information content (AvgIpc) is 3.11. The summed E-state index contributed by atoms with van der Waals surface area (Å²) in [6, 6.07) is 8.01. The second kappa shape index (κ2) is 5.87. The van der Waals surface area contributed by atoms with Crippen LogP contribution in [0.4, 0.5) is 0 Å². The Morgan fingerprint density at radius 1 is 1.38 bits per heavy atom. The van der Waals surface area contributed by atoms with Gasteiger partial charge in [0, 0.05) is 18.8 Å². The lowest BCUT2D eigenvalue weighted by Crippen LogP contribution is -2.38. The molecule has 0 radical (unpaired) electrons. The lowest BCUT2D eigenvalue weighted by molar-refractivity contribution is -0.175. The molecule has 0 spiro atoms. The molecule has 3 rings (SSSR count). The minimum absolute atomic E-state index is 0.103. The number of hydrogen-bond acceptors (Lipinski definition) is 4. The molecule has 21 heavy (non-hydrogen) atoms. The summed E-state index contributed by atoms with van der Waals surface area (Å²) in [5.74, 6) is 0.221. The molecule has 1 aromatic carbocycles. The molecule has 1 aliphatic rings. The third kappa shape index (κ3) is 3.25. The molecule has 5 nitrogen and oxygen atoms in total. The first-order valence-corrected chi connectivity index (χ1v) is 7.09. The Hall–Kier alpha value is -1.85. The molecule has 112 valence electrons. The third-order valence-electron chi connectivity index (χ3n) is 3.61. The number of rotatable bonds is 5. The highest BCUT2D eigenvalue weighted by molar-refractivity contribution is 5.28. The predicted molar refractivity (Wildman–Crippen MR) is 78.2 cm³/mol. The summed E-state index contributed by atoms with van der Waals surface area (Å²) in [5, 5.41) is 0. The maximum Gasteiger partial charge on any atom is 0.190 e. The van der Waals surface area contributed by atoms with E-state index in [0.29, 0.717) is 19.6 Å². The molecule has 2 aromatic rings. The average molecular weight is 288 g/mol. The lowest BCUT2D eigenvalue weighted by Gasteiger charge is -2.28. The molecule has 2 heterocycles. The number of hydrogen-bond donors (Lipinski definition) is 0. The van der Waals surface area contributed by atoms with E-state index in [1.165, 1.54) is 0 Å². The fraction of sp³-hybridized carbons (Fsp3) is 0.438. The first-order chi connectivity index (χ1) is 10.2. The van der Waals surface area contributed by atoms with Crippen molar-refractivity contribution in [3.63, 3.8) is 0 Å². The van der Waals surface area contributed by atoms with E-state index in [1.807, 2.05) is 42.0 Å². The Morgan fingerprint density at radius 3 is 2.76 bits per heavy atom. The van der Waals surface area contributed by atoms with E-state index < -0.39 is 5.79 Å². The van der Waals surface area contributed by atoms with Crippen LogP contribution in [0, 0.1) is 0 Å². The van der Waals surface area contributed by atoms with Gasteiger partial charge >= 0.3 is 0 Å². The van der Waals surface area contributed by atoms with Crippen LogP contribution in [0.1, 0.15) is 12.5 Å². The zero-order chi connectivity index (χ0) is 14.7. The molecule has 1 aliphatic heterocycles. The highest BCUT2D eigenvalue weighted by Crippen LogP contribution is 2.30. The zero-order valence-electron chi connectivity index (χ0n) is 12.4. The monoisotopic (exact) mass is 288 g/mol. The Bertz CT molecular complexity index is 568. The molecule has 1 fully saturated rings. The molecule has 2 unspecified atom stereocenters. The highest BCUT2D eigenvalue weighted by atomic mass is 16.7. The highest BCUT2D eigenvalue weighted by Gasteiger charge is 2.40. The van der Waals surface area contributed by atoms with Crippen LogP contribution in [0.3, 0.4) is 0 Å². The van der Waals surface area contributed by atoms with Crippen molar-refractivity contribution in [3.05, 3.63) is 48.5 Å². The van der Waals surface area contributed by atoms with E-state index in [9.17, 15) is 0 Å². The van der Waals surface area contributed by atoms with Crippen LogP contribution < -0.4 is 4.74 Å². The number of benzene rings is 1. The summed E-state index contributed by atoms with van der Waals surface area (Å²) >= 11 is 0. The van der Waals surface area contributed by atoms with E-state index in [4.69, 9.17) is 14.2 Å². The first-order valence-electron chi connectivity index (χ1n) is 7.09. The number of imidazole rings is 1. The van der Waals surface area contributed by atoms with Crippen molar-refractivity contribution in [2.45, 2.75) is 31.8 Å². The summed E-state index contributed by atoms with van der Waals surface area (Å²) in [6.07, 6.45) is 6.27. The van der Waals surface area contributed by atoms with Crippen molar-refractivity contribution in [2.75, 3.05) is 13.7 Å². The van der Waals surface area contributed by atoms with Crippen LogP contribution in [0.25, 0.3) is 0 Å². The minimum Gasteiger partial charge on any atom is -0.497 e. The third-order valence-corrected chi connectivity index (χ3v) is 3.61. The number of methoxy groups -OCH3 is 1. The van der Waals surface area contributed by atoms with E-state index >= 15 is 0 Å². The maximum atomic E-state index is 6.08. The molecule has 5 heteroatoms. The standard InChI is InChI=1S/C16H20N2O3/c1-13-10-20-16(21-13,11-18-8-7-17-12-18)9-14-3-5-15(19-2)6-4-14/h3-8,12-13H,9-11H2,1-2H3. The summed E-state index contributed by atoms with van der Waals surface area (Å²) in [4.78, 5) is 4.08. The zero-order valence-corrected chi connectivity index (χ0v) is 12.4. The molecule has 0 amide bonds. The summed E-state index contributed by atoms with van der Waals surface area (Å²) in [6.45, 7) is 3.28. The minimum atomic E-state index is -0.630. The lowest BCUT2D eigenvalue weighted by atomic mass is 10.0. The van der Waals surface area contributed by atoms with Gasteiger partial charge in [-0.1, -0.05) is 12.1 Å². The molecular weight excluding hydrogens is 268 g/mol. The second-order valence-corrected chi connectivity index (χ2v) is 5.41. The van der Waals surface area contributed by atoms with Crippen LogP contribution in [-0.4, -0.2) is 35.2 Å². The van der Waals surface area contributed by atoms with Gasteiger partial charge in [0.05, 0.1) is 32.7 Å². The summed E-state index contributed by atoms with van der Waals surface area (Å²) in [5.41, 5.74) is 1.16. The van der Waals surface area contributed by atoms with E-state index in [2.05, 4.69) is 4.98 Å². The van der Waals surface area contributed by atoms with Gasteiger partial charge in [-0.05, 0) is 24.6 Å². The summed E-state index contributed by atoms with van der Waals surface area (Å²) < 4.78 is 19.2. The van der Waals surface area contributed by atoms with Crippen LogP contribution in [0.2, 0.25) is 0 Å². The van der Waals surface area contributed by atoms with Crippen molar-refractivity contribution in [1.29, 1.82) is 0 Å². The van der Waals surface area contributed by atoms with Gasteiger partial charge in [0.15, 0.2) is 5.79 Å². The van der Waals surface area contributed by atoms with Crippen molar-refractivity contribution in [2.24, 2.45) is 0 Å².